The van der Waals surface area contributed by atoms with Crippen molar-refractivity contribution in [2.45, 2.75) is 44.7 Å². The van der Waals surface area contributed by atoms with Crippen LogP contribution in [0.3, 0.4) is 0 Å². The van der Waals surface area contributed by atoms with Gasteiger partial charge in [0.2, 0.25) is 11.8 Å². The fourth-order valence-corrected chi connectivity index (χ4v) is 4.39. The van der Waals surface area contributed by atoms with Crippen molar-refractivity contribution in [1.82, 2.24) is 9.80 Å². The Labute approximate surface area is 163 Å². The molecule has 0 aromatic heterocycles. The summed E-state index contributed by atoms with van der Waals surface area (Å²) in [7, 11) is 1.69. The molecule has 1 saturated heterocycles. The predicted octanol–water partition coefficient (Wildman–Crippen LogP) is 3.92. The van der Waals surface area contributed by atoms with Crippen LogP contribution >= 0.6 is 0 Å². The van der Waals surface area contributed by atoms with Crippen LogP contribution in [0.15, 0.2) is 24.3 Å². The second kappa shape index (κ2) is 8.13. The van der Waals surface area contributed by atoms with Crippen LogP contribution in [-0.4, -0.2) is 48.3 Å². The lowest BCUT2D eigenvalue weighted by Crippen LogP contribution is -2.37. The number of rotatable bonds is 4. The van der Waals surface area contributed by atoms with Crippen LogP contribution in [0, 0.1) is 11.8 Å². The van der Waals surface area contributed by atoms with Gasteiger partial charge in [0.15, 0.2) is 0 Å². The first-order valence-corrected chi connectivity index (χ1v) is 9.93. The number of carbonyl (C=O) groups excluding carboxylic acids is 2. The number of hydrogen-bond donors (Lipinski definition) is 0. The lowest BCUT2D eigenvalue weighted by molar-refractivity contribution is -0.138. The Morgan fingerprint density at radius 2 is 1.86 bits per heavy atom. The smallest absolute Gasteiger partial charge is 0.346 e. The first kappa shape index (κ1) is 20.7. The lowest BCUT2D eigenvalue weighted by Gasteiger charge is -2.24. The Hall–Kier alpha value is -2.05. The van der Waals surface area contributed by atoms with Crippen molar-refractivity contribution in [3.8, 4) is 0 Å². The highest BCUT2D eigenvalue weighted by Crippen LogP contribution is 2.38. The molecular weight excluding hydrogens is 369 g/mol. The molecule has 2 amide bonds. The maximum Gasteiger partial charge on any atom is 0.416 e. The van der Waals surface area contributed by atoms with Crippen LogP contribution in [0.1, 0.15) is 49.7 Å². The van der Waals surface area contributed by atoms with Crippen LogP contribution < -0.4 is 0 Å². The minimum Gasteiger partial charge on any atom is -0.346 e. The van der Waals surface area contributed by atoms with Crippen LogP contribution in [0.5, 0.6) is 0 Å². The van der Waals surface area contributed by atoms with Gasteiger partial charge in [-0.05, 0) is 31.4 Å². The van der Waals surface area contributed by atoms with Crippen LogP contribution in [-0.2, 0) is 15.8 Å². The van der Waals surface area contributed by atoms with E-state index in [0.29, 0.717) is 18.7 Å². The van der Waals surface area contributed by atoms with E-state index in [1.807, 2.05) is 6.92 Å². The molecule has 1 aromatic carbocycles. The first-order chi connectivity index (χ1) is 13.2. The molecule has 0 bridgehead atoms. The molecular formula is C21H27F3N2O2. The Bertz CT molecular complexity index is 729. The molecule has 1 heterocycles. The summed E-state index contributed by atoms with van der Waals surface area (Å²) in [6, 6.07) is 5.18. The molecule has 2 fully saturated rings. The minimum absolute atomic E-state index is 0.0140. The topological polar surface area (TPSA) is 40.6 Å². The first-order valence-electron chi connectivity index (χ1n) is 9.93. The van der Waals surface area contributed by atoms with Gasteiger partial charge in [0.05, 0.1) is 11.5 Å². The highest BCUT2D eigenvalue weighted by Gasteiger charge is 2.43. The van der Waals surface area contributed by atoms with Crippen molar-refractivity contribution >= 4 is 11.8 Å². The van der Waals surface area contributed by atoms with Gasteiger partial charge in [-0.1, -0.05) is 31.0 Å². The number of carbonyl (C=O) groups is 2. The fraction of sp³-hybridized carbons (Fsp3) is 0.619. The fourth-order valence-electron chi connectivity index (χ4n) is 4.39. The normalized spacial score (nSPS) is 23.2. The zero-order valence-electron chi connectivity index (χ0n) is 16.3. The number of likely N-dealkylation sites (tertiary alicyclic amines) is 1. The summed E-state index contributed by atoms with van der Waals surface area (Å²) in [5.74, 6) is -1.02. The van der Waals surface area contributed by atoms with Crippen LogP contribution in [0.25, 0.3) is 0 Å². The summed E-state index contributed by atoms with van der Waals surface area (Å²) in [6.45, 7) is 2.94. The molecule has 1 saturated carbocycles. The Morgan fingerprint density at radius 1 is 1.18 bits per heavy atom. The second-order valence-corrected chi connectivity index (χ2v) is 7.91. The number of amides is 2. The summed E-state index contributed by atoms with van der Waals surface area (Å²) in [5, 5.41) is 0. The molecule has 28 heavy (non-hydrogen) atoms. The van der Waals surface area contributed by atoms with Crippen molar-refractivity contribution in [2.75, 3.05) is 26.7 Å². The van der Waals surface area contributed by atoms with Gasteiger partial charge in [0.25, 0.3) is 0 Å². The van der Waals surface area contributed by atoms with E-state index in [-0.39, 0.29) is 24.3 Å². The monoisotopic (exact) mass is 396 g/mol. The van der Waals surface area contributed by atoms with E-state index < -0.39 is 23.6 Å². The Kier molecular flexibility index (Phi) is 6.01. The number of benzene rings is 1. The van der Waals surface area contributed by atoms with E-state index in [9.17, 15) is 22.8 Å². The molecule has 154 valence electrons. The third kappa shape index (κ3) is 4.18. The van der Waals surface area contributed by atoms with Gasteiger partial charge < -0.3 is 9.80 Å². The highest BCUT2D eigenvalue weighted by molar-refractivity contribution is 5.84. The van der Waals surface area contributed by atoms with E-state index in [0.717, 1.165) is 37.8 Å². The van der Waals surface area contributed by atoms with Gasteiger partial charge >= 0.3 is 6.18 Å². The molecule has 3 rings (SSSR count). The molecule has 1 aliphatic carbocycles. The molecule has 1 aliphatic heterocycles. The maximum absolute atomic E-state index is 13.2. The molecule has 1 aromatic rings. The summed E-state index contributed by atoms with van der Waals surface area (Å²) >= 11 is 0. The molecule has 2 atom stereocenters. The summed E-state index contributed by atoms with van der Waals surface area (Å²) in [4.78, 5) is 29.1. The van der Waals surface area contributed by atoms with E-state index >= 15 is 0 Å². The van der Waals surface area contributed by atoms with Gasteiger partial charge in [-0.15, -0.1) is 0 Å². The largest absolute Gasteiger partial charge is 0.416 e. The molecule has 0 N–H and O–H groups in total. The summed E-state index contributed by atoms with van der Waals surface area (Å²) in [6.07, 6.45) is -0.660. The van der Waals surface area contributed by atoms with Crippen molar-refractivity contribution in [3.63, 3.8) is 0 Å². The minimum atomic E-state index is -4.44. The van der Waals surface area contributed by atoms with E-state index in [1.165, 1.54) is 6.07 Å². The molecule has 2 aliphatic rings. The summed E-state index contributed by atoms with van der Waals surface area (Å²) < 4.78 is 39.5. The zero-order chi connectivity index (χ0) is 20.5. The average molecular weight is 396 g/mol. The Balaban J connectivity index is 1.89. The van der Waals surface area contributed by atoms with E-state index in [1.54, 1.807) is 22.9 Å². The second-order valence-electron chi connectivity index (χ2n) is 7.91. The lowest BCUT2D eigenvalue weighted by atomic mass is 9.87. The third-order valence-corrected chi connectivity index (χ3v) is 6.15. The van der Waals surface area contributed by atoms with Gasteiger partial charge in [-0.3, -0.25) is 9.59 Å². The Morgan fingerprint density at radius 3 is 2.46 bits per heavy atom. The van der Waals surface area contributed by atoms with E-state index in [4.69, 9.17) is 0 Å². The quantitative estimate of drug-likeness (QED) is 0.774. The van der Waals surface area contributed by atoms with Gasteiger partial charge in [-0.25, -0.2) is 0 Å². The molecule has 0 radical (unpaired) electrons. The third-order valence-electron chi connectivity index (χ3n) is 6.15. The predicted molar refractivity (Wildman–Crippen MR) is 99.5 cm³/mol. The van der Waals surface area contributed by atoms with Gasteiger partial charge in [0, 0.05) is 38.5 Å². The van der Waals surface area contributed by atoms with Crippen molar-refractivity contribution in [3.05, 3.63) is 35.4 Å². The number of nitrogens with zero attached hydrogens (tertiary/aromatic N) is 2. The standard InChI is InChI=1S/C21H27F3N2O2/c1-3-25(2)20(28)18-13-26(19(27)14-7-4-5-8-14)12-17(18)15-9-6-10-16(11-15)21(22,23)24/h6,9-11,14,17-18H,3-5,7-8,12-13H2,1-2H3. The SMILES string of the molecule is CCN(C)C(=O)C1CN(C(=O)C2CCCC2)CC1c1cccc(C(F)(F)F)c1. The molecule has 2 unspecified atom stereocenters. The average Bonchev–Trinajstić information content (AvgIpc) is 3.35. The number of hydrogen-bond acceptors (Lipinski definition) is 2. The highest BCUT2D eigenvalue weighted by atomic mass is 19.4. The van der Waals surface area contributed by atoms with Gasteiger partial charge in [-0.2, -0.15) is 13.2 Å². The van der Waals surface area contributed by atoms with Crippen molar-refractivity contribution in [1.29, 1.82) is 0 Å². The van der Waals surface area contributed by atoms with E-state index in [2.05, 4.69) is 0 Å². The van der Waals surface area contributed by atoms with Gasteiger partial charge in [0.1, 0.15) is 0 Å². The van der Waals surface area contributed by atoms with Crippen molar-refractivity contribution < 1.29 is 22.8 Å². The zero-order valence-corrected chi connectivity index (χ0v) is 16.3. The summed E-state index contributed by atoms with van der Waals surface area (Å²) in [5.41, 5.74) is -0.250. The van der Waals surface area contributed by atoms with Crippen LogP contribution in [0.4, 0.5) is 13.2 Å². The number of alkyl halides is 3. The number of halogens is 3. The van der Waals surface area contributed by atoms with Crippen molar-refractivity contribution in [2.24, 2.45) is 11.8 Å². The molecule has 4 nitrogen and oxygen atoms in total. The molecule has 0 spiro atoms. The van der Waals surface area contributed by atoms with Crippen LogP contribution in [0.2, 0.25) is 0 Å². The molecule has 7 heteroatoms. The maximum atomic E-state index is 13.2.